The number of aryl methyl sites for hydroxylation is 1. The molecule has 0 fully saturated rings. The molecule has 0 spiro atoms. The molecule has 0 unspecified atom stereocenters. The molecule has 0 aliphatic carbocycles. The van der Waals surface area contributed by atoms with E-state index in [9.17, 15) is 18.0 Å². The van der Waals surface area contributed by atoms with Gasteiger partial charge in [0.15, 0.2) is 6.61 Å². The van der Waals surface area contributed by atoms with E-state index in [1.54, 1.807) is 6.92 Å². The van der Waals surface area contributed by atoms with Crippen LogP contribution in [0.25, 0.3) is 0 Å². The summed E-state index contributed by atoms with van der Waals surface area (Å²) in [7, 11) is 0. The van der Waals surface area contributed by atoms with Crippen LogP contribution >= 0.6 is 0 Å². The fraction of sp³-hybridized carbons (Fsp3) is 0.417. The first-order valence-electron chi connectivity index (χ1n) is 5.57. The van der Waals surface area contributed by atoms with Gasteiger partial charge in [0.25, 0.3) is 0 Å². The lowest BCUT2D eigenvalue weighted by Crippen LogP contribution is -2.17. The van der Waals surface area contributed by atoms with Crippen molar-refractivity contribution in [2.45, 2.75) is 20.0 Å². The van der Waals surface area contributed by atoms with E-state index in [-0.39, 0.29) is 12.3 Å². The van der Waals surface area contributed by atoms with Gasteiger partial charge in [-0.05, 0) is 19.9 Å². The van der Waals surface area contributed by atoms with Crippen LogP contribution in [0.1, 0.15) is 23.7 Å². The Morgan fingerprint density at radius 2 is 2.15 bits per heavy atom. The van der Waals surface area contributed by atoms with Gasteiger partial charge in [0.2, 0.25) is 5.88 Å². The third kappa shape index (κ3) is 3.85. The number of halogens is 3. The predicted octanol–water partition coefficient (Wildman–Crippen LogP) is 2.22. The molecule has 0 bridgehead atoms. The first-order chi connectivity index (χ1) is 9.29. The van der Waals surface area contributed by atoms with Gasteiger partial charge in [-0.15, -0.1) is 0 Å². The van der Waals surface area contributed by atoms with Crippen molar-refractivity contribution in [1.29, 1.82) is 5.26 Å². The summed E-state index contributed by atoms with van der Waals surface area (Å²) in [6.07, 6.45) is -4.71. The second-order valence-corrected chi connectivity index (χ2v) is 3.69. The van der Waals surface area contributed by atoms with Gasteiger partial charge in [-0.3, -0.25) is 0 Å². The maximum absolute atomic E-state index is 12.8. The molecular formula is C12H11F3N2O3. The lowest BCUT2D eigenvalue weighted by atomic mass is 10.1. The number of rotatable bonds is 4. The van der Waals surface area contributed by atoms with E-state index in [2.05, 4.69) is 9.72 Å². The van der Waals surface area contributed by atoms with Crippen molar-refractivity contribution in [2.24, 2.45) is 0 Å². The van der Waals surface area contributed by atoms with Gasteiger partial charge >= 0.3 is 12.1 Å². The Bertz CT molecular complexity index is 550. The van der Waals surface area contributed by atoms with Crippen molar-refractivity contribution in [3.05, 3.63) is 22.9 Å². The van der Waals surface area contributed by atoms with Gasteiger partial charge in [0, 0.05) is 5.69 Å². The van der Waals surface area contributed by atoms with E-state index in [1.165, 1.54) is 13.0 Å². The number of hydrogen-bond acceptors (Lipinski definition) is 5. The summed E-state index contributed by atoms with van der Waals surface area (Å²) in [5, 5.41) is 8.84. The molecule has 0 aromatic carbocycles. The lowest BCUT2D eigenvalue weighted by molar-refractivity contribution is -0.145. The standard InChI is InChI=1S/C12H11F3N2O3/c1-3-19-10(18)6-20-11-8(5-16)9(12(13,14)15)4-7(2)17-11/h4H,3,6H2,1-2H3. The fourth-order valence-corrected chi connectivity index (χ4v) is 1.41. The molecule has 1 rings (SSSR count). The van der Waals surface area contributed by atoms with Crippen molar-refractivity contribution in [3.8, 4) is 11.9 Å². The molecular weight excluding hydrogens is 277 g/mol. The number of nitriles is 1. The number of nitrogens with zero attached hydrogens (tertiary/aromatic N) is 2. The number of esters is 1. The monoisotopic (exact) mass is 288 g/mol. The quantitative estimate of drug-likeness (QED) is 0.794. The van der Waals surface area contributed by atoms with Crippen LogP contribution in [0.5, 0.6) is 5.88 Å². The summed E-state index contributed by atoms with van der Waals surface area (Å²) >= 11 is 0. The van der Waals surface area contributed by atoms with E-state index < -0.39 is 35.8 Å². The molecule has 1 aromatic rings. The van der Waals surface area contributed by atoms with Crippen LogP contribution in [0.15, 0.2) is 6.07 Å². The molecule has 0 saturated carbocycles. The molecule has 1 heterocycles. The topological polar surface area (TPSA) is 72.2 Å². The maximum atomic E-state index is 12.8. The van der Waals surface area contributed by atoms with Crippen LogP contribution in [0.2, 0.25) is 0 Å². The third-order valence-electron chi connectivity index (χ3n) is 2.16. The van der Waals surface area contributed by atoms with Crippen LogP contribution in [0.4, 0.5) is 13.2 Å². The van der Waals surface area contributed by atoms with Crippen LogP contribution in [0.3, 0.4) is 0 Å². The second kappa shape index (κ2) is 6.23. The average Bonchev–Trinajstić information content (AvgIpc) is 2.35. The Morgan fingerprint density at radius 1 is 1.50 bits per heavy atom. The van der Waals surface area contributed by atoms with Gasteiger partial charge < -0.3 is 9.47 Å². The summed E-state index contributed by atoms with van der Waals surface area (Å²) < 4.78 is 47.8. The zero-order valence-electron chi connectivity index (χ0n) is 10.7. The van der Waals surface area contributed by atoms with Crippen molar-refractivity contribution in [2.75, 3.05) is 13.2 Å². The van der Waals surface area contributed by atoms with Crippen molar-refractivity contribution in [1.82, 2.24) is 4.98 Å². The van der Waals surface area contributed by atoms with E-state index >= 15 is 0 Å². The largest absolute Gasteiger partial charge is 0.465 e. The van der Waals surface area contributed by atoms with E-state index in [0.29, 0.717) is 0 Å². The van der Waals surface area contributed by atoms with Gasteiger partial charge in [0.05, 0.1) is 12.2 Å². The molecule has 108 valence electrons. The number of alkyl halides is 3. The Labute approximate surface area is 112 Å². The highest BCUT2D eigenvalue weighted by molar-refractivity contribution is 5.71. The van der Waals surface area contributed by atoms with E-state index in [0.717, 1.165) is 6.07 Å². The number of hydrogen-bond donors (Lipinski definition) is 0. The van der Waals surface area contributed by atoms with Gasteiger partial charge in [-0.2, -0.15) is 18.4 Å². The number of carbonyl (C=O) groups is 1. The first kappa shape index (κ1) is 15.8. The Morgan fingerprint density at radius 3 is 2.65 bits per heavy atom. The SMILES string of the molecule is CCOC(=O)COc1nc(C)cc(C(F)(F)F)c1C#N. The summed E-state index contributed by atoms with van der Waals surface area (Å²) in [4.78, 5) is 14.8. The number of carbonyl (C=O) groups excluding carboxylic acids is 1. The molecule has 0 aliphatic heterocycles. The van der Waals surface area contributed by atoms with Crippen molar-refractivity contribution in [3.63, 3.8) is 0 Å². The fourth-order valence-electron chi connectivity index (χ4n) is 1.41. The Kier molecular flexibility index (Phi) is 4.91. The van der Waals surface area contributed by atoms with Crippen molar-refractivity contribution >= 4 is 5.97 Å². The Balaban J connectivity index is 3.11. The van der Waals surface area contributed by atoms with Crippen LogP contribution in [0, 0.1) is 18.3 Å². The predicted molar refractivity (Wildman–Crippen MR) is 60.8 cm³/mol. The van der Waals surface area contributed by atoms with Crippen LogP contribution in [-0.2, 0) is 15.7 Å². The van der Waals surface area contributed by atoms with E-state index in [1.807, 2.05) is 0 Å². The normalized spacial score (nSPS) is 10.8. The molecule has 5 nitrogen and oxygen atoms in total. The Hall–Kier alpha value is -2.30. The van der Waals surface area contributed by atoms with Crippen LogP contribution in [-0.4, -0.2) is 24.2 Å². The summed E-state index contributed by atoms with van der Waals surface area (Å²) in [5.74, 6) is -1.29. The minimum atomic E-state index is -4.71. The molecule has 8 heteroatoms. The zero-order chi connectivity index (χ0) is 15.3. The highest BCUT2D eigenvalue weighted by atomic mass is 19.4. The number of ether oxygens (including phenoxy) is 2. The highest BCUT2D eigenvalue weighted by Gasteiger charge is 2.36. The molecule has 0 aliphatic rings. The van der Waals surface area contributed by atoms with E-state index in [4.69, 9.17) is 10.00 Å². The summed E-state index contributed by atoms with van der Waals surface area (Å²) in [5.41, 5.74) is -1.88. The second-order valence-electron chi connectivity index (χ2n) is 3.69. The lowest BCUT2D eigenvalue weighted by Gasteiger charge is -2.13. The molecule has 0 atom stereocenters. The minimum Gasteiger partial charge on any atom is -0.465 e. The molecule has 0 saturated heterocycles. The first-order valence-corrected chi connectivity index (χ1v) is 5.57. The smallest absolute Gasteiger partial charge is 0.417 e. The molecule has 0 amide bonds. The maximum Gasteiger partial charge on any atom is 0.417 e. The van der Waals surface area contributed by atoms with Gasteiger partial charge in [0.1, 0.15) is 11.6 Å². The number of pyridine rings is 1. The molecule has 20 heavy (non-hydrogen) atoms. The number of aromatic nitrogens is 1. The summed E-state index contributed by atoms with van der Waals surface area (Å²) in [6.45, 7) is 2.40. The van der Waals surface area contributed by atoms with Gasteiger partial charge in [-0.25, -0.2) is 9.78 Å². The van der Waals surface area contributed by atoms with Crippen molar-refractivity contribution < 1.29 is 27.4 Å². The molecule has 0 radical (unpaired) electrons. The van der Waals surface area contributed by atoms with Crippen LogP contribution < -0.4 is 4.74 Å². The summed E-state index contributed by atoms with van der Waals surface area (Å²) in [6, 6.07) is 2.14. The highest BCUT2D eigenvalue weighted by Crippen LogP contribution is 2.35. The minimum absolute atomic E-state index is 0.0233. The van der Waals surface area contributed by atoms with Gasteiger partial charge in [-0.1, -0.05) is 0 Å². The average molecular weight is 288 g/mol. The third-order valence-corrected chi connectivity index (χ3v) is 2.16. The molecule has 0 N–H and O–H groups in total. The zero-order valence-corrected chi connectivity index (χ0v) is 10.7. The molecule has 1 aromatic heterocycles.